The number of aliphatic hydroxyl groups excluding tert-OH is 11. The molecule has 4 saturated heterocycles. The highest BCUT2D eigenvalue weighted by Crippen LogP contribution is 2.39. The molecule has 0 saturated carbocycles. The average molecular weight is 834 g/mol. The third kappa shape index (κ3) is 10.2. The molecule has 4 aliphatic heterocycles. The van der Waals surface area contributed by atoms with Gasteiger partial charge in [-0.2, -0.15) is 0 Å². The smallest absolute Gasteiger partial charge is 0.217 e. The number of aliphatic hydroxyl groups is 11. The Bertz CT molecular complexity index is 1350. The lowest BCUT2D eigenvalue weighted by atomic mass is 9.88. The fourth-order valence-corrected chi connectivity index (χ4v) is 7.17. The SMILES string of the molecule is CO[C@@H]1O[C@H](CO)[C@@H](O[C@@H]2O[C@H](CO)[C@H](O)[C@H](O[C@]3(C(=O)[O-])C[C@H](O)[C@@H](NC(C)=O)[C@H]([C@H](O)[C@H](O)CO)O3)[C@H]2O)[C@H](O[C@@H]2O[C@@H](C)[C@@H](O)[C@@H](O)[C@@H]2O)[C@H]1NC(C)=O. The number of hydrogen-bond acceptors (Lipinski definition) is 23. The van der Waals surface area contributed by atoms with E-state index in [1.54, 1.807) is 0 Å². The molecule has 0 aromatic rings. The third-order valence-electron chi connectivity index (χ3n) is 10.1. The van der Waals surface area contributed by atoms with Gasteiger partial charge in [-0.1, -0.05) is 0 Å². The minimum atomic E-state index is -3.21. The number of methoxy groups -OCH3 is 1. The van der Waals surface area contributed by atoms with Crippen molar-refractivity contribution in [3.63, 3.8) is 0 Å². The molecule has 13 N–H and O–H groups in total. The number of aliphatic carboxylic acids is 1. The number of ether oxygens (including phenoxy) is 8. The number of hydrogen-bond donors (Lipinski definition) is 13. The molecule has 330 valence electrons. The molecule has 25 nitrogen and oxygen atoms in total. The summed E-state index contributed by atoms with van der Waals surface area (Å²) < 4.78 is 45.6. The Balaban J connectivity index is 1.72. The second-order valence-electron chi connectivity index (χ2n) is 14.2. The van der Waals surface area contributed by atoms with Crippen molar-refractivity contribution in [2.45, 2.75) is 155 Å². The molecule has 0 aliphatic carbocycles. The monoisotopic (exact) mass is 833 g/mol. The van der Waals surface area contributed by atoms with Crippen molar-refractivity contribution in [3.8, 4) is 0 Å². The van der Waals surface area contributed by atoms with Crippen LogP contribution in [0.4, 0.5) is 0 Å². The summed E-state index contributed by atoms with van der Waals surface area (Å²) in [6, 6.07) is -3.01. The van der Waals surface area contributed by atoms with Gasteiger partial charge in [-0.3, -0.25) is 9.59 Å². The standard InChI is InChI=1S/C32H54N2O23/c1-9-18(42)21(45)22(46)29(51-9)55-26-17(34-11(3)39)28(50-4)53-15(8-37)24(26)54-30-23(47)27(20(44)14(7-36)52-30)57-32(31(48)49)5-12(40)16(33-10(2)38)25(56-32)19(43)13(41)6-35/h9,12-30,35-37,40-47H,5-8H2,1-4H3,(H,33,38)(H,34,39)(H,48,49)/p-1/t9-,12-,13+,14+,15+,16+,17+,18+,19+,20-,21+,22-,23+,24+,25+,26+,27-,28+,29-,30-,32-/m0/s1. The quantitative estimate of drug-likeness (QED) is 0.0728. The van der Waals surface area contributed by atoms with E-state index >= 15 is 0 Å². The summed E-state index contributed by atoms with van der Waals surface area (Å²) in [4.78, 5) is 37.1. The van der Waals surface area contributed by atoms with Gasteiger partial charge in [0.15, 0.2) is 18.9 Å². The maximum atomic E-state index is 12.8. The van der Waals surface area contributed by atoms with E-state index in [0.29, 0.717) is 0 Å². The van der Waals surface area contributed by atoms with Crippen molar-refractivity contribution in [1.82, 2.24) is 10.6 Å². The Morgan fingerprint density at radius 2 is 1.32 bits per heavy atom. The van der Waals surface area contributed by atoms with Crippen LogP contribution in [0.2, 0.25) is 0 Å². The van der Waals surface area contributed by atoms with E-state index in [2.05, 4.69) is 10.6 Å². The fraction of sp³-hybridized carbons (Fsp3) is 0.906. The van der Waals surface area contributed by atoms with Gasteiger partial charge in [-0.15, -0.1) is 0 Å². The summed E-state index contributed by atoms with van der Waals surface area (Å²) in [6.45, 7) is 0.445. The number of carboxylic acid groups (broad SMARTS) is 1. The van der Waals surface area contributed by atoms with Crippen molar-refractivity contribution >= 4 is 17.8 Å². The molecule has 2 amide bonds. The van der Waals surface area contributed by atoms with Gasteiger partial charge in [0.05, 0.1) is 38.1 Å². The molecular formula is C32H53N2O23-. The molecule has 0 unspecified atom stereocenters. The molecule has 57 heavy (non-hydrogen) atoms. The second-order valence-corrected chi connectivity index (χ2v) is 14.2. The Kier molecular flexibility index (Phi) is 16.4. The second kappa shape index (κ2) is 19.8. The van der Waals surface area contributed by atoms with Gasteiger partial charge < -0.3 is 115 Å². The van der Waals surface area contributed by atoms with Gasteiger partial charge >= 0.3 is 0 Å². The van der Waals surface area contributed by atoms with Crippen LogP contribution in [0.5, 0.6) is 0 Å². The molecule has 4 rings (SSSR count). The molecule has 0 aromatic heterocycles. The first kappa shape index (κ1) is 47.3. The van der Waals surface area contributed by atoms with Crippen LogP contribution in [0.1, 0.15) is 27.2 Å². The molecule has 0 aromatic carbocycles. The van der Waals surface area contributed by atoms with Gasteiger partial charge in [-0.25, -0.2) is 0 Å². The van der Waals surface area contributed by atoms with E-state index < -0.39 is 172 Å². The molecule has 0 spiro atoms. The third-order valence-corrected chi connectivity index (χ3v) is 10.1. The summed E-state index contributed by atoms with van der Waals surface area (Å²) >= 11 is 0. The molecule has 0 radical (unpaired) electrons. The molecule has 4 heterocycles. The van der Waals surface area contributed by atoms with Crippen molar-refractivity contribution in [2.75, 3.05) is 26.9 Å². The highest BCUT2D eigenvalue weighted by atomic mass is 16.8. The topological polar surface area (TPSA) is 395 Å². The Morgan fingerprint density at radius 3 is 1.86 bits per heavy atom. The van der Waals surface area contributed by atoms with Crippen LogP contribution in [-0.4, -0.2) is 229 Å². The van der Waals surface area contributed by atoms with Crippen LogP contribution in [0.3, 0.4) is 0 Å². The highest BCUT2D eigenvalue weighted by Gasteiger charge is 2.59. The van der Waals surface area contributed by atoms with E-state index in [9.17, 15) is 75.7 Å². The molecule has 21 atom stereocenters. The molecule has 4 fully saturated rings. The summed E-state index contributed by atoms with van der Waals surface area (Å²) in [5.74, 6) is -6.94. The van der Waals surface area contributed by atoms with E-state index in [1.165, 1.54) is 14.0 Å². The largest absolute Gasteiger partial charge is 0.544 e. The zero-order valence-electron chi connectivity index (χ0n) is 31.2. The maximum Gasteiger partial charge on any atom is 0.217 e. The van der Waals surface area contributed by atoms with E-state index in [0.717, 1.165) is 13.8 Å². The number of nitrogens with one attached hydrogen (secondary N) is 2. The van der Waals surface area contributed by atoms with E-state index in [1.807, 2.05) is 0 Å². The average Bonchev–Trinajstić information content (AvgIpc) is 3.16. The maximum absolute atomic E-state index is 12.8. The zero-order chi connectivity index (χ0) is 42.7. The van der Waals surface area contributed by atoms with Gasteiger partial charge in [0.1, 0.15) is 91.4 Å². The van der Waals surface area contributed by atoms with Gasteiger partial charge in [0.25, 0.3) is 0 Å². The summed E-state index contributed by atoms with van der Waals surface area (Å²) in [5, 5.41) is 134. The minimum absolute atomic E-state index is 0.682. The van der Waals surface area contributed by atoms with Crippen LogP contribution in [0.25, 0.3) is 0 Å². The summed E-state index contributed by atoms with van der Waals surface area (Å²) in [6.07, 6.45) is -34.3. The molecule has 0 bridgehead atoms. The van der Waals surface area contributed by atoms with Crippen LogP contribution < -0.4 is 15.7 Å². The number of amides is 2. The van der Waals surface area contributed by atoms with Crippen LogP contribution in [0, 0.1) is 0 Å². The van der Waals surface area contributed by atoms with Crippen molar-refractivity contribution in [3.05, 3.63) is 0 Å². The van der Waals surface area contributed by atoms with E-state index in [-0.39, 0.29) is 0 Å². The first-order valence-electron chi connectivity index (χ1n) is 17.9. The van der Waals surface area contributed by atoms with Gasteiger partial charge in [-0.05, 0) is 6.92 Å². The predicted molar refractivity (Wildman–Crippen MR) is 175 cm³/mol. The molecule has 4 aliphatic rings. The number of carboxylic acids is 1. The predicted octanol–water partition coefficient (Wildman–Crippen LogP) is -9.91. The number of rotatable bonds is 15. The van der Waals surface area contributed by atoms with E-state index in [4.69, 9.17) is 37.9 Å². The lowest BCUT2D eigenvalue weighted by molar-refractivity contribution is -0.412. The number of carbonyl (C=O) groups is 3. The first-order valence-corrected chi connectivity index (χ1v) is 17.9. The Labute approximate surface area is 324 Å². The molecule has 25 heteroatoms. The van der Waals surface area contributed by atoms with Gasteiger partial charge in [0, 0.05) is 27.4 Å². The number of carbonyl (C=O) groups excluding carboxylic acids is 3. The van der Waals surface area contributed by atoms with Crippen LogP contribution in [0.15, 0.2) is 0 Å². The lowest BCUT2D eigenvalue weighted by Crippen LogP contribution is -2.72. The lowest BCUT2D eigenvalue weighted by Gasteiger charge is -2.53. The fourth-order valence-electron chi connectivity index (χ4n) is 7.17. The Hall–Kier alpha value is -2.35. The van der Waals surface area contributed by atoms with Crippen molar-refractivity contribution in [1.29, 1.82) is 0 Å². The highest BCUT2D eigenvalue weighted by molar-refractivity contribution is 5.75. The van der Waals surface area contributed by atoms with Crippen molar-refractivity contribution in [2.24, 2.45) is 0 Å². The van der Waals surface area contributed by atoms with Crippen LogP contribution >= 0.6 is 0 Å². The molecular weight excluding hydrogens is 780 g/mol. The zero-order valence-corrected chi connectivity index (χ0v) is 31.2. The minimum Gasteiger partial charge on any atom is -0.544 e. The van der Waals surface area contributed by atoms with Crippen LogP contribution in [-0.2, 0) is 52.3 Å². The van der Waals surface area contributed by atoms with Gasteiger partial charge in [0.2, 0.25) is 17.6 Å². The van der Waals surface area contributed by atoms with Crippen molar-refractivity contribution < 1.29 is 114 Å². The first-order chi connectivity index (χ1) is 26.7. The summed E-state index contributed by atoms with van der Waals surface area (Å²) in [7, 11) is 1.17. The summed E-state index contributed by atoms with van der Waals surface area (Å²) in [5.41, 5.74) is 0. The normalized spacial score (nSPS) is 45.1. The Morgan fingerprint density at radius 1 is 0.754 bits per heavy atom.